The number of rotatable bonds is 6. The van der Waals surface area contributed by atoms with Crippen LogP contribution < -0.4 is 11.1 Å². The lowest BCUT2D eigenvalue weighted by molar-refractivity contribution is 0.320. The number of fused-ring (bicyclic) bond motifs is 1. The molecule has 0 aliphatic rings. The van der Waals surface area contributed by atoms with E-state index in [1.807, 2.05) is 18.2 Å². The number of likely N-dealkylation sites (N-methyl/N-ethyl adjacent to an activating group) is 1. The third-order valence-corrected chi connectivity index (χ3v) is 2.98. The molecule has 5 heteroatoms. The molecule has 5 nitrogen and oxygen atoms in total. The quantitative estimate of drug-likeness (QED) is 0.830. The molecule has 104 valence electrons. The molecule has 2 rings (SSSR count). The number of nitrogens with one attached hydrogen (secondary N) is 2. The first-order valence-corrected chi connectivity index (χ1v) is 6.58. The lowest BCUT2D eigenvalue weighted by Gasteiger charge is -2.18. The highest BCUT2D eigenvalue weighted by Gasteiger charge is 2.04. The van der Waals surface area contributed by atoms with Crippen molar-refractivity contribution in [2.45, 2.75) is 26.4 Å². The van der Waals surface area contributed by atoms with Crippen LogP contribution in [0, 0.1) is 0 Å². The minimum Gasteiger partial charge on any atom is -0.408 e. The molecule has 0 aliphatic carbocycles. The van der Waals surface area contributed by atoms with Gasteiger partial charge in [0.05, 0.1) is 5.52 Å². The molecule has 1 heterocycles. The summed E-state index contributed by atoms with van der Waals surface area (Å²) in [6, 6.07) is 6.31. The van der Waals surface area contributed by atoms with Gasteiger partial charge in [-0.15, -0.1) is 0 Å². The van der Waals surface area contributed by atoms with Gasteiger partial charge in [-0.1, -0.05) is 19.9 Å². The molecule has 0 unspecified atom stereocenters. The van der Waals surface area contributed by atoms with Gasteiger partial charge in [-0.05, 0) is 24.7 Å². The number of aromatic amines is 1. The zero-order chi connectivity index (χ0) is 13.8. The van der Waals surface area contributed by atoms with Crippen LogP contribution in [0.5, 0.6) is 0 Å². The molecule has 19 heavy (non-hydrogen) atoms. The Hall–Kier alpha value is -1.59. The molecule has 0 amide bonds. The molecule has 1 aromatic heterocycles. The Kier molecular flexibility index (Phi) is 4.39. The Bertz CT molecular complexity index is 586. The number of aromatic nitrogens is 1. The Morgan fingerprint density at radius 1 is 1.42 bits per heavy atom. The largest absolute Gasteiger partial charge is 0.417 e. The molecule has 0 radical (unpaired) electrons. The third-order valence-electron chi connectivity index (χ3n) is 2.98. The molecule has 0 saturated carbocycles. The van der Waals surface area contributed by atoms with E-state index in [-0.39, 0.29) is 0 Å². The smallest absolute Gasteiger partial charge is 0.408 e. The van der Waals surface area contributed by atoms with E-state index >= 15 is 0 Å². The minimum atomic E-state index is -0.401. The summed E-state index contributed by atoms with van der Waals surface area (Å²) in [4.78, 5) is 16.0. The van der Waals surface area contributed by atoms with Crippen molar-refractivity contribution in [1.29, 1.82) is 0 Å². The second kappa shape index (κ2) is 6.04. The van der Waals surface area contributed by atoms with Crippen LogP contribution in [0.3, 0.4) is 0 Å². The van der Waals surface area contributed by atoms with E-state index in [0.29, 0.717) is 11.6 Å². The van der Waals surface area contributed by atoms with Crippen LogP contribution in [-0.4, -0.2) is 36.1 Å². The number of hydrogen-bond donors (Lipinski definition) is 2. The van der Waals surface area contributed by atoms with Crippen LogP contribution in [0.15, 0.2) is 27.4 Å². The zero-order valence-electron chi connectivity index (χ0n) is 11.7. The first-order chi connectivity index (χ1) is 9.04. The summed E-state index contributed by atoms with van der Waals surface area (Å²) >= 11 is 0. The van der Waals surface area contributed by atoms with Crippen LogP contribution in [0.4, 0.5) is 0 Å². The lowest BCUT2D eigenvalue weighted by Crippen LogP contribution is -2.32. The molecule has 1 aromatic carbocycles. The Balaban J connectivity index is 1.94. The summed E-state index contributed by atoms with van der Waals surface area (Å²) in [5.74, 6) is -0.401. The first-order valence-electron chi connectivity index (χ1n) is 6.58. The van der Waals surface area contributed by atoms with E-state index in [1.165, 1.54) is 0 Å². The number of H-pyrrole nitrogens is 1. The second-order valence-electron chi connectivity index (χ2n) is 5.19. The van der Waals surface area contributed by atoms with Gasteiger partial charge in [-0.25, -0.2) is 4.79 Å². The molecule has 0 aliphatic heterocycles. The van der Waals surface area contributed by atoms with Gasteiger partial charge in [0, 0.05) is 25.7 Å². The molecule has 0 saturated heterocycles. The van der Waals surface area contributed by atoms with Crippen molar-refractivity contribution in [1.82, 2.24) is 15.2 Å². The number of benzene rings is 1. The maximum Gasteiger partial charge on any atom is 0.417 e. The lowest BCUT2D eigenvalue weighted by atomic mass is 10.2. The van der Waals surface area contributed by atoms with Crippen molar-refractivity contribution < 1.29 is 4.42 Å². The fourth-order valence-corrected chi connectivity index (χ4v) is 2.03. The van der Waals surface area contributed by atoms with Crippen LogP contribution >= 0.6 is 0 Å². The van der Waals surface area contributed by atoms with Crippen molar-refractivity contribution in [2.24, 2.45) is 0 Å². The van der Waals surface area contributed by atoms with E-state index in [2.05, 4.69) is 36.1 Å². The van der Waals surface area contributed by atoms with Gasteiger partial charge in [0.25, 0.3) is 0 Å². The predicted molar refractivity (Wildman–Crippen MR) is 76.3 cm³/mol. The number of nitrogens with zero attached hydrogens (tertiary/aromatic N) is 1. The molecule has 0 fully saturated rings. The zero-order valence-corrected chi connectivity index (χ0v) is 11.7. The maximum atomic E-state index is 11.1. The average molecular weight is 263 g/mol. The van der Waals surface area contributed by atoms with Gasteiger partial charge in [0.1, 0.15) is 0 Å². The summed E-state index contributed by atoms with van der Waals surface area (Å²) in [5.41, 5.74) is 2.53. The van der Waals surface area contributed by atoms with Gasteiger partial charge < -0.3 is 14.6 Å². The molecular weight excluding hydrogens is 242 g/mol. The van der Waals surface area contributed by atoms with E-state index in [4.69, 9.17) is 4.42 Å². The molecule has 0 atom stereocenters. The molecule has 0 spiro atoms. The predicted octanol–water partition coefficient (Wildman–Crippen LogP) is 1.55. The standard InChI is InChI=1S/C14H21N3O2/c1-10(2)15-6-7-17(3)9-11-4-5-13-12(8-11)16-14(18)19-13/h4-5,8,10,15H,6-7,9H2,1-3H3,(H,16,18). The van der Waals surface area contributed by atoms with Gasteiger partial charge in [0.15, 0.2) is 5.58 Å². The van der Waals surface area contributed by atoms with Crippen LogP contribution in [-0.2, 0) is 6.54 Å². The van der Waals surface area contributed by atoms with Gasteiger partial charge in [-0.2, -0.15) is 0 Å². The van der Waals surface area contributed by atoms with Gasteiger partial charge in [-0.3, -0.25) is 4.98 Å². The molecule has 0 bridgehead atoms. The maximum absolute atomic E-state index is 11.1. The Morgan fingerprint density at radius 3 is 2.95 bits per heavy atom. The van der Waals surface area contributed by atoms with E-state index in [1.54, 1.807) is 0 Å². The Labute approximate surface area is 112 Å². The van der Waals surface area contributed by atoms with Crippen molar-refractivity contribution in [3.63, 3.8) is 0 Å². The molecular formula is C14H21N3O2. The van der Waals surface area contributed by atoms with Crippen LogP contribution in [0.2, 0.25) is 0 Å². The minimum absolute atomic E-state index is 0.401. The van der Waals surface area contributed by atoms with Crippen molar-refractivity contribution >= 4 is 11.1 Å². The van der Waals surface area contributed by atoms with Gasteiger partial charge >= 0.3 is 5.76 Å². The summed E-state index contributed by atoms with van der Waals surface area (Å²) in [5, 5.41) is 3.39. The topological polar surface area (TPSA) is 61.3 Å². The number of oxazole rings is 1. The van der Waals surface area contributed by atoms with E-state index in [9.17, 15) is 4.79 Å². The highest BCUT2D eigenvalue weighted by atomic mass is 16.4. The fourth-order valence-electron chi connectivity index (χ4n) is 2.03. The van der Waals surface area contributed by atoms with E-state index < -0.39 is 5.76 Å². The monoisotopic (exact) mass is 263 g/mol. The Morgan fingerprint density at radius 2 is 2.21 bits per heavy atom. The van der Waals surface area contributed by atoms with Crippen LogP contribution in [0.25, 0.3) is 11.1 Å². The van der Waals surface area contributed by atoms with Crippen LogP contribution in [0.1, 0.15) is 19.4 Å². The average Bonchev–Trinajstić information content (AvgIpc) is 2.67. The summed E-state index contributed by atoms with van der Waals surface area (Å²) < 4.78 is 4.98. The summed E-state index contributed by atoms with van der Waals surface area (Å²) in [6.45, 7) is 7.09. The fraction of sp³-hybridized carbons (Fsp3) is 0.500. The highest BCUT2D eigenvalue weighted by Crippen LogP contribution is 2.13. The van der Waals surface area contributed by atoms with Crippen molar-refractivity contribution in [3.05, 3.63) is 34.3 Å². The van der Waals surface area contributed by atoms with E-state index in [0.717, 1.165) is 30.7 Å². The highest BCUT2D eigenvalue weighted by molar-refractivity contribution is 5.72. The van der Waals surface area contributed by atoms with Crippen molar-refractivity contribution in [3.8, 4) is 0 Å². The van der Waals surface area contributed by atoms with Gasteiger partial charge in [0.2, 0.25) is 0 Å². The molecule has 2 aromatic rings. The third kappa shape index (κ3) is 3.94. The summed E-state index contributed by atoms with van der Waals surface area (Å²) in [7, 11) is 2.09. The molecule has 2 N–H and O–H groups in total. The SMILES string of the molecule is CC(C)NCCN(C)Cc1ccc2oc(=O)[nH]c2c1. The van der Waals surface area contributed by atoms with Crippen molar-refractivity contribution in [2.75, 3.05) is 20.1 Å². The number of hydrogen-bond acceptors (Lipinski definition) is 4. The normalized spacial score (nSPS) is 11.8. The first kappa shape index (κ1) is 13.8. The summed E-state index contributed by atoms with van der Waals surface area (Å²) in [6.07, 6.45) is 0. The second-order valence-corrected chi connectivity index (χ2v) is 5.19.